The van der Waals surface area contributed by atoms with E-state index in [0.717, 1.165) is 4.47 Å². The number of amides is 1. The Labute approximate surface area is 86.8 Å². The summed E-state index contributed by atoms with van der Waals surface area (Å²) in [6, 6.07) is 5.23. The summed E-state index contributed by atoms with van der Waals surface area (Å²) in [5.74, 6) is 0.203. The summed E-state index contributed by atoms with van der Waals surface area (Å²) in [7, 11) is 0. The average molecular weight is 257 g/mol. The second-order valence-electron chi connectivity index (χ2n) is 2.60. The molecule has 2 N–H and O–H groups in total. The number of anilines is 1. The first-order valence-electron chi connectivity index (χ1n) is 3.72. The first kappa shape index (κ1) is 9.01. The van der Waals surface area contributed by atoms with E-state index in [4.69, 9.17) is 9.63 Å². The van der Waals surface area contributed by atoms with Crippen molar-refractivity contribution in [3.8, 4) is 0 Å². The van der Waals surface area contributed by atoms with Crippen LogP contribution in [0.1, 0.15) is 0 Å². The van der Waals surface area contributed by atoms with Gasteiger partial charge in [0.25, 0.3) is 0 Å². The van der Waals surface area contributed by atoms with Gasteiger partial charge in [-0.15, -0.1) is 0 Å². The van der Waals surface area contributed by atoms with Crippen molar-refractivity contribution in [3.05, 3.63) is 22.7 Å². The molecule has 0 atom stereocenters. The number of nitrogens with zero attached hydrogens (tertiary/aromatic N) is 1. The monoisotopic (exact) mass is 256 g/mol. The molecule has 0 radical (unpaired) electrons. The normalized spacial score (nSPS) is 10.4. The van der Waals surface area contributed by atoms with Crippen LogP contribution in [-0.2, 0) is 0 Å². The van der Waals surface area contributed by atoms with Gasteiger partial charge >= 0.3 is 6.09 Å². The number of aromatic nitrogens is 1. The number of nitrogens with one attached hydrogen (secondary N) is 1. The average Bonchev–Trinajstić information content (AvgIpc) is 2.47. The second kappa shape index (κ2) is 3.30. The Bertz CT molecular complexity index is 494. The molecule has 6 heteroatoms. The Kier molecular flexibility index (Phi) is 2.12. The van der Waals surface area contributed by atoms with Crippen LogP contribution < -0.4 is 5.32 Å². The molecule has 0 saturated carbocycles. The number of fused-ring (bicyclic) bond motifs is 1. The molecule has 0 saturated heterocycles. The van der Waals surface area contributed by atoms with Crippen LogP contribution in [0.25, 0.3) is 11.0 Å². The summed E-state index contributed by atoms with van der Waals surface area (Å²) in [5.41, 5.74) is 0.539. The van der Waals surface area contributed by atoms with Crippen LogP contribution in [0.3, 0.4) is 0 Å². The van der Waals surface area contributed by atoms with Crippen molar-refractivity contribution < 1.29 is 14.4 Å². The number of rotatable bonds is 1. The van der Waals surface area contributed by atoms with Gasteiger partial charge in [-0.25, -0.2) is 4.79 Å². The highest BCUT2D eigenvalue weighted by Crippen LogP contribution is 2.25. The van der Waals surface area contributed by atoms with E-state index in [0.29, 0.717) is 11.0 Å². The smallest absolute Gasteiger partial charge is 0.410 e. The van der Waals surface area contributed by atoms with E-state index in [1.165, 1.54) is 0 Å². The quantitative estimate of drug-likeness (QED) is 0.823. The first-order valence-corrected chi connectivity index (χ1v) is 4.51. The molecule has 1 heterocycles. The summed E-state index contributed by atoms with van der Waals surface area (Å²) in [6.07, 6.45) is -1.17. The zero-order chi connectivity index (χ0) is 10.1. The number of carboxylic acid groups (broad SMARTS) is 1. The lowest BCUT2D eigenvalue weighted by atomic mass is 10.2. The molecule has 14 heavy (non-hydrogen) atoms. The van der Waals surface area contributed by atoms with Gasteiger partial charge in [0.1, 0.15) is 0 Å². The fourth-order valence-electron chi connectivity index (χ4n) is 1.10. The molecule has 0 spiro atoms. The Morgan fingerprint density at radius 1 is 1.57 bits per heavy atom. The standard InChI is InChI=1S/C8H5BrN2O3/c9-4-1-2-6-5(3-4)7(11-14-6)10-8(12)13/h1-3H,(H,10,11)(H,12,13). The molecule has 1 aromatic carbocycles. The van der Waals surface area contributed by atoms with E-state index in [1.807, 2.05) is 0 Å². The predicted octanol–water partition coefficient (Wildman–Crippen LogP) is 2.68. The van der Waals surface area contributed by atoms with Gasteiger partial charge in [0, 0.05) is 4.47 Å². The van der Waals surface area contributed by atoms with Crippen molar-refractivity contribution >= 4 is 38.8 Å². The van der Waals surface area contributed by atoms with Crippen molar-refractivity contribution in [2.75, 3.05) is 5.32 Å². The van der Waals surface area contributed by atoms with Gasteiger partial charge in [0.15, 0.2) is 11.4 Å². The Balaban J connectivity index is 2.55. The van der Waals surface area contributed by atoms with E-state index in [9.17, 15) is 4.79 Å². The van der Waals surface area contributed by atoms with E-state index in [2.05, 4.69) is 26.4 Å². The highest BCUT2D eigenvalue weighted by Gasteiger charge is 2.10. The highest BCUT2D eigenvalue weighted by molar-refractivity contribution is 9.10. The summed E-state index contributed by atoms with van der Waals surface area (Å²) in [5, 5.41) is 14.9. The maximum absolute atomic E-state index is 10.4. The van der Waals surface area contributed by atoms with Crippen LogP contribution in [0.15, 0.2) is 27.2 Å². The van der Waals surface area contributed by atoms with Crippen molar-refractivity contribution in [2.24, 2.45) is 0 Å². The van der Waals surface area contributed by atoms with Crippen LogP contribution in [0.4, 0.5) is 10.6 Å². The molecule has 2 rings (SSSR count). The van der Waals surface area contributed by atoms with Gasteiger partial charge in [0.05, 0.1) is 5.39 Å². The third-order valence-electron chi connectivity index (χ3n) is 1.66. The number of hydrogen-bond acceptors (Lipinski definition) is 3. The number of halogens is 1. The zero-order valence-electron chi connectivity index (χ0n) is 6.82. The minimum Gasteiger partial charge on any atom is -0.465 e. The molecule has 0 aliphatic rings. The SMILES string of the molecule is O=C(O)Nc1noc2ccc(Br)cc12. The number of hydrogen-bond donors (Lipinski definition) is 2. The molecule has 72 valence electrons. The topological polar surface area (TPSA) is 75.4 Å². The molecule has 5 nitrogen and oxygen atoms in total. The van der Waals surface area contributed by atoms with E-state index >= 15 is 0 Å². The summed E-state index contributed by atoms with van der Waals surface area (Å²) in [4.78, 5) is 10.4. The predicted molar refractivity (Wildman–Crippen MR) is 53.4 cm³/mol. The van der Waals surface area contributed by atoms with Crippen LogP contribution >= 0.6 is 15.9 Å². The first-order chi connectivity index (χ1) is 6.66. The molecule has 0 fully saturated rings. The lowest BCUT2D eigenvalue weighted by Gasteiger charge is -1.94. The van der Waals surface area contributed by atoms with Gasteiger partial charge in [0.2, 0.25) is 0 Å². The highest BCUT2D eigenvalue weighted by atomic mass is 79.9. The lowest BCUT2D eigenvalue weighted by Crippen LogP contribution is -2.07. The molecule has 0 unspecified atom stereocenters. The van der Waals surface area contributed by atoms with Crippen LogP contribution in [0, 0.1) is 0 Å². The minimum absolute atomic E-state index is 0.203. The van der Waals surface area contributed by atoms with Gasteiger partial charge in [-0.1, -0.05) is 21.1 Å². The van der Waals surface area contributed by atoms with E-state index in [-0.39, 0.29) is 5.82 Å². The third-order valence-corrected chi connectivity index (χ3v) is 2.15. The van der Waals surface area contributed by atoms with Crippen molar-refractivity contribution in [1.82, 2.24) is 5.16 Å². The van der Waals surface area contributed by atoms with Crippen LogP contribution in [0.5, 0.6) is 0 Å². The lowest BCUT2D eigenvalue weighted by molar-refractivity contribution is 0.209. The second-order valence-corrected chi connectivity index (χ2v) is 3.52. The third kappa shape index (κ3) is 1.56. The van der Waals surface area contributed by atoms with Gasteiger partial charge in [-0.3, -0.25) is 5.32 Å². The Morgan fingerprint density at radius 2 is 2.36 bits per heavy atom. The van der Waals surface area contributed by atoms with Crippen molar-refractivity contribution in [3.63, 3.8) is 0 Å². The molecule has 1 aromatic heterocycles. The molecule has 0 bridgehead atoms. The van der Waals surface area contributed by atoms with Crippen molar-refractivity contribution in [1.29, 1.82) is 0 Å². The van der Waals surface area contributed by atoms with E-state index < -0.39 is 6.09 Å². The maximum atomic E-state index is 10.4. The van der Waals surface area contributed by atoms with Gasteiger partial charge in [-0.2, -0.15) is 0 Å². The molecular formula is C8H5BrN2O3. The van der Waals surface area contributed by atoms with Gasteiger partial charge < -0.3 is 9.63 Å². The molecule has 2 aromatic rings. The van der Waals surface area contributed by atoms with E-state index in [1.54, 1.807) is 18.2 Å². The fourth-order valence-corrected chi connectivity index (χ4v) is 1.46. The molecule has 1 amide bonds. The summed E-state index contributed by atoms with van der Waals surface area (Å²) >= 11 is 3.27. The van der Waals surface area contributed by atoms with Crippen molar-refractivity contribution in [2.45, 2.75) is 0 Å². The zero-order valence-corrected chi connectivity index (χ0v) is 8.41. The molecular weight excluding hydrogens is 252 g/mol. The number of benzene rings is 1. The Morgan fingerprint density at radius 3 is 3.07 bits per heavy atom. The Hall–Kier alpha value is -1.56. The molecule has 0 aliphatic heterocycles. The largest absolute Gasteiger partial charge is 0.465 e. The summed E-state index contributed by atoms with van der Waals surface area (Å²) < 4.78 is 5.74. The number of carbonyl (C=O) groups is 1. The van der Waals surface area contributed by atoms with Crippen LogP contribution in [-0.4, -0.2) is 16.4 Å². The van der Waals surface area contributed by atoms with Crippen LogP contribution in [0.2, 0.25) is 0 Å². The maximum Gasteiger partial charge on any atom is 0.410 e. The minimum atomic E-state index is -1.17. The fraction of sp³-hybridized carbons (Fsp3) is 0. The van der Waals surface area contributed by atoms with Gasteiger partial charge in [-0.05, 0) is 18.2 Å². The molecule has 0 aliphatic carbocycles. The summed E-state index contributed by atoms with van der Waals surface area (Å²) in [6.45, 7) is 0.